The minimum Gasteiger partial charge on any atom is -0.478 e. The minimum absolute atomic E-state index is 0.480. The molecule has 0 saturated heterocycles. The molecule has 5 nitrogen and oxygen atoms in total. The Balaban J connectivity index is 2.23. The number of benzene rings is 2. The Hall–Kier alpha value is -2.91. The van der Waals surface area contributed by atoms with Crippen LogP contribution in [0.5, 0.6) is 5.75 Å². The Morgan fingerprint density at radius 2 is 1.92 bits per heavy atom. The molecule has 0 spiro atoms. The van der Waals surface area contributed by atoms with Gasteiger partial charge in [0.1, 0.15) is 5.75 Å². The second kappa shape index (κ2) is 6.19. The van der Waals surface area contributed by atoms with Gasteiger partial charge in [-0.15, -0.1) is 0 Å². The number of fused-ring (bicyclic) bond motifs is 1. The number of hydrogen-bond acceptors (Lipinski definition) is 5. The number of ether oxygens (including phenoxy) is 1. The summed E-state index contributed by atoms with van der Waals surface area (Å²) in [4.78, 5) is 11.5. The summed E-state index contributed by atoms with van der Waals surface area (Å²) in [6.07, 6.45) is 0. The van der Waals surface area contributed by atoms with Crippen LogP contribution in [0.3, 0.4) is 0 Å². The summed E-state index contributed by atoms with van der Waals surface area (Å²) >= 11 is 1.35. The summed E-state index contributed by atoms with van der Waals surface area (Å²) in [5.41, 5.74) is 1.75. The summed E-state index contributed by atoms with van der Waals surface area (Å²) in [5.74, 6) is -0.563. The molecule has 1 heterocycles. The zero-order valence-corrected chi connectivity index (χ0v) is 14.8. The number of rotatable bonds is 4. The van der Waals surface area contributed by atoms with Crippen LogP contribution in [-0.2, 0) is 4.79 Å². The lowest BCUT2D eigenvalue weighted by atomic mass is 10.0. The fourth-order valence-electron chi connectivity index (χ4n) is 2.50. The second-order valence-corrected chi connectivity index (χ2v) is 6.96. The molecule has 0 aliphatic rings. The summed E-state index contributed by atoms with van der Waals surface area (Å²) in [5, 5.41) is 19.4. The number of aromatic nitrogens is 1. The molecule has 0 amide bonds. The van der Waals surface area contributed by atoms with E-state index >= 15 is 0 Å². The van der Waals surface area contributed by atoms with Crippen LogP contribution in [0.4, 0.5) is 0 Å². The molecule has 0 bridgehead atoms. The van der Waals surface area contributed by atoms with Crippen LogP contribution in [0.15, 0.2) is 36.4 Å². The van der Waals surface area contributed by atoms with E-state index in [0.29, 0.717) is 11.3 Å². The van der Waals surface area contributed by atoms with Crippen molar-refractivity contribution in [1.82, 2.24) is 4.37 Å². The van der Waals surface area contributed by atoms with Crippen molar-refractivity contribution in [2.45, 2.75) is 26.4 Å². The first-order valence-electron chi connectivity index (χ1n) is 7.65. The van der Waals surface area contributed by atoms with Gasteiger partial charge in [-0.2, -0.15) is 9.64 Å². The van der Waals surface area contributed by atoms with Crippen LogP contribution in [0.1, 0.15) is 25.1 Å². The average molecular weight is 352 g/mol. The van der Waals surface area contributed by atoms with Crippen molar-refractivity contribution in [2.75, 3.05) is 0 Å². The molecule has 2 aromatic carbocycles. The molecule has 1 N–H and O–H groups in total. The number of carboxylic acid groups (broad SMARTS) is 1. The van der Waals surface area contributed by atoms with Gasteiger partial charge in [-0.05, 0) is 62.1 Å². The van der Waals surface area contributed by atoms with Gasteiger partial charge in [0.05, 0.1) is 22.0 Å². The smallest absolute Gasteiger partial charge is 0.347 e. The van der Waals surface area contributed by atoms with Crippen LogP contribution in [-0.4, -0.2) is 21.1 Å². The SMILES string of the molecule is Cc1nsc2c(-c3ccc(C#N)cc3)c(OC(C)(C)C(=O)O)ccc12. The highest BCUT2D eigenvalue weighted by Gasteiger charge is 2.31. The maximum Gasteiger partial charge on any atom is 0.347 e. The lowest BCUT2D eigenvalue weighted by Crippen LogP contribution is -2.38. The normalized spacial score (nSPS) is 11.3. The van der Waals surface area contributed by atoms with Crippen LogP contribution in [0.25, 0.3) is 21.2 Å². The van der Waals surface area contributed by atoms with Crippen LogP contribution in [0, 0.1) is 18.3 Å². The Labute approximate surface area is 149 Å². The van der Waals surface area contributed by atoms with Crippen molar-refractivity contribution in [3.05, 3.63) is 47.7 Å². The van der Waals surface area contributed by atoms with Crippen molar-refractivity contribution < 1.29 is 14.6 Å². The van der Waals surface area contributed by atoms with Gasteiger partial charge in [-0.3, -0.25) is 0 Å². The van der Waals surface area contributed by atoms with Crippen molar-refractivity contribution in [1.29, 1.82) is 5.26 Å². The van der Waals surface area contributed by atoms with Crippen LogP contribution in [0.2, 0.25) is 0 Å². The molecule has 0 aliphatic heterocycles. The van der Waals surface area contributed by atoms with E-state index in [0.717, 1.165) is 26.9 Å². The van der Waals surface area contributed by atoms with Crippen molar-refractivity contribution in [3.8, 4) is 22.9 Å². The van der Waals surface area contributed by atoms with Gasteiger partial charge in [0.25, 0.3) is 0 Å². The van der Waals surface area contributed by atoms with Gasteiger partial charge >= 0.3 is 5.97 Å². The molecule has 126 valence electrons. The largest absolute Gasteiger partial charge is 0.478 e. The number of aryl methyl sites for hydroxylation is 1. The fourth-order valence-corrected chi connectivity index (χ4v) is 3.45. The van der Waals surface area contributed by atoms with E-state index in [4.69, 9.17) is 10.00 Å². The van der Waals surface area contributed by atoms with Crippen molar-refractivity contribution in [3.63, 3.8) is 0 Å². The lowest BCUT2D eigenvalue weighted by Gasteiger charge is -2.23. The molecule has 3 aromatic rings. The zero-order valence-electron chi connectivity index (χ0n) is 14.0. The highest BCUT2D eigenvalue weighted by molar-refractivity contribution is 7.14. The first-order chi connectivity index (χ1) is 11.8. The van der Waals surface area contributed by atoms with Gasteiger partial charge in [-0.25, -0.2) is 4.79 Å². The first kappa shape index (κ1) is 16.9. The summed E-state index contributed by atoms with van der Waals surface area (Å²) in [6.45, 7) is 4.96. The van der Waals surface area contributed by atoms with Crippen LogP contribution < -0.4 is 4.74 Å². The van der Waals surface area contributed by atoms with Gasteiger partial charge in [0.2, 0.25) is 0 Å². The highest BCUT2D eigenvalue weighted by atomic mass is 32.1. The van der Waals surface area contributed by atoms with Crippen molar-refractivity contribution >= 4 is 27.6 Å². The van der Waals surface area contributed by atoms with E-state index in [1.807, 2.05) is 25.1 Å². The maximum absolute atomic E-state index is 11.5. The number of aliphatic carboxylic acids is 1. The summed E-state index contributed by atoms with van der Waals surface area (Å²) in [7, 11) is 0. The third-order valence-corrected chi connectivity index (χ3v) is 4.94. The Bertz CT molecular complexity index is 998. The van der Waals surface area contributed by atoms with Gasteiger partial charge in [0.15, 0.2) is 5.60 Å². The standard InChI is InChI=1S/C19H16N2O3S/c1-11-14-8-9-15(24-19(2,3)18(22)23)16(17(14)25-21-11)13-6-4-12(10-20)5-7-13/h4-9H,1-3H3,(H,22,23). The predicted molar refractivity (Wildman–Crippen MR) is 96.9 cm³/mol. The van der Waals surface area contributed by atoms with E-state index in [2.05, 4.69) is 10.4 Å². The number of carbonyl (C=O) groups is 1. The molecule has 0 radical (unpaired) electrons. The van der Waals surface area contributed by atoms with Crippen molar-refractivity contribution in [2.24, 2.45) is 0 Å². The van der Waals surface area contributed by atoms with Gasteiger partial charge in [0, 0.05) is 10.9 Å². The molecular formula is C19H16N2O3S. The minimum atomic E-state index is -1.37. The topological polar surface area (TPSA) is 83.2 Å². The van der Waals surface area contributed by atoms with Gasteiger partial charge in [-0.1, -0.05) is 12.1 Å². The Morgan fingerprint density at radius 3 is 2.52 bits per heavy atom. The van der Waals surface area contributed by atoms with E-state index in [9.17, 15) is 9.90 Å². The summed E-state index contributed by atoms with van der Waals surface area (Å²) < 4.78 is 11.2. The molecule has 0 saturated carbocycles. The molecule has 0 unspecified atom stereocenters. The molecule has 6 heteroatoms. The fraction of sp³-hybridized carbons (Fsp3) is 0.211. The third kappa shape index (κ3) is 3.06. The maximum atomic E-state index is 11.5. The van der Waals surface area contributed by atoms with E-state index in [1.54, 1.807) is 18.2 Å². The summed E-state index contributed by atoms with van der Waals surface area (Å²) in [6, 6.07) is 12.9. The van der Waals surface area contributed by atoms with Crippen LogP contribution >= 0.6 is 11.5 Å². The Kier molecular flexibility index (Phi) is 4.19. The number of nitriles is 1. The third-order valence-electron chi connectivity index (χ3n) is 3.97. The van der Waals surface area contributed by atoms with E-state index < -0.39 is 11.6 Å². The molecular weight excluding hydrogens is 336 g/mol. The number of carboxylic acids is 1. The monoisotopic (exact) mass is 352 g/mol. The van der Waals surface area contributed by atoms with E-state index in [1.165, 1.54) is 25.4 Å². The first-order valence-corrected chi connectivity index (χ1v) is 8.43. The second-order valence-electron chi connectivity index (χ2n) is 6.19. The molecule has 0 atom stereocenters. The molecule has 3 rings (SSSR count). The lowest BCUT2D eigenvalue weighted by molar-refractivity contribution is -0.152. The molecule has 0 fully saturated rings. The van der Waals surface area contributed by atoms with Gasteiger partial charge < -0.3 is 9.84 Å². The molecule has 0 aliphatic carbocycles. The molecule has 1 aromatic heterocycles. The molecule has 25 heavy (non-hydrogen) atoms. The Morgan fingerprint density at radius 1 is 1.24 bits per heavy atom. The highest BCUT2D eigenvalue weighted by Crippen LogP contribution is 2.41. The number of nitrogens with zero attached hydrogens (tertiary/aromatic N) is 2. The quantitative estimate of drug-likeness (QED) is 0.753. The van der Waals surface area contributed by atoms with E-state index in [-0.39, 0.29) is 0 Å². The number of hydrogen-bond donors (Lipinski definition) is 1. The average Bonchev–Trinajstić information content (AvgIpc) is 2.95. The predicted octanol–water partition coefficient (Wildman–Crippen LogP) is 4.39. The zero-order chi connectivity index (χ0) is 18.2.